The average molecular weight is 375 g/mol. The highest BCUT2D eigenvalue weighted by Gasteiger charge is 2.19. The van der Waals surface area contributed by atoms with E-state index in [9.17, 15) is 4.79 Å². The summed E-state index contributed by atoms with van der Waals surface area (Å²) in [5, 5.41) is 9.46. The zero-order chi connectivity index (χ0) is 18.5. The van der Waals surface area contributed by atoms with Gasteiger partial charge in [0.05, 0.1) is 0 Å². The highest BCUT2D eigenvalue weighted by molar-refractivity contribution is 6.30. The van der Waals surface area contributed by atoms with E-state index in [-0.39, 0.29) is 6.61 Å². The van der Waals surface area contributed by atoms with Crippen LogP contribution in [0.4, 0.5) is 5.69 Å². The van der Waals surface area contributed by atoms with Crippen LogP contribution in [0.1, 0.15) is 11.1 Å². The molecule has 5 nitrogen and oxygen atoms in total. The predicted octanol–water partition coefficient (Wildman–Crippen LogP) is 3.43. The Kier molecular flexibility index (Phi) is 6.01. The van der Waals surface area contributed by atoms with Crippen molar-refractivity contribution >= 4 is 23.3 Å². The van der Waals surface area contributed by atoms with Crippen molar-refractivity contribution in [2.45, 2.75) is 13.5 Å². The molecule has 2 aromatic carbocycles. The topological polar surface area (TPSA) is 53.0 Å². The molecule has 0 radical (unpaired) electrons. The van der Waals surface area contributed by atoms with Crippen molar-refractivity contribution in [2.24, 2.45) is 0 Å². The predicted molar refractivity (Wildman–Crippen MR) is 103 cm³/mol. The normalized spacial score (nSPS) is 15.1. The zero-order valence-electron chi connectivity index (χ0n) is 14.8. The second kappa shape index (κ2) is 8.43. The van der Waals surface area contributed by atoms with Gasteiger partial charge in [0.15, 0.2) is 6.61 Å². The summed E-state index contributed by atoms with van der Waals surface area (Å²) in [5.41, 5.74) is 3.44. The van der Waals surface area contributed by atoms with Crippen LogP contribution in [0.3, 0.4) is 0 Å². The van der Waals surface area contributed by atoms with Crippen LogP contribution in [-0.2, 0) is 11.3 Å². The minimum absolute atomic E-state index is 0.351. The Morgan fingerprint density at radius 3 is 2.46 bits per heavy atom. The van der Waals surface area contributed by atoms with Crippen LogP contribution in [-0.4, -0.2) is 48.8 Å². The summed E-state index contributed by atoms with van der Waals surface area (Å²) in [5.74, 6) is -0.407. The van der Waals surface area contributed by atoms with Gasteiger partial charge in [0.25, 0.3) is 0 Å². The van der Waals surface area contributed by atoms with Gasteiger partial charge in [-0.3, -0.25) is 4.90 Å². The fourth-order valence-corrected chi connectivity index (χ4v) is 3.31. The van der Waals surface area contributed by atoms with Crippen molar-refractivity contribution < 1.29 is 14.6 Å². The first-order valence-corrected chi connectivity index (χ1v) is 9.06. The monoisotopic (exact) mass is 374 g/mol. The van der Waals surface area contributed by atoms with Crippen molar-refractivity contribution in [2.75, 3.05) is 37.7 Å². The number of anilines is 1. The second-order valence-corrected chi connectivity index (χ2v) is 6.97. The lowest BCUT2D eigenvalue weighted by Gasteiger charge is -2.36. The number of rotatable bonds is 6. The summed E-state index contributed by atoms with van der Waals surface area (Å²) in [6, 6.07) is 13.9. The molecular weight excluding hydrogens is 352 g/mol. The number of benzene rings is 2. The zero-order valence-corrected chi connectivity index (χ0v) is 15.6. The quantitative estimate of drug-likeness (QED) is 0.839. The number of hydrogen-bond donors (Lipinski definition) is 1. The standard InChI is InChI=1S/C20H23ClN2O3/c1-15-2-5-18(6-3-15)23-10-8-22(9-11-23)13-16-12-17(21)4-7-19(16)26-14-20(24)25/h2-7,12H,8-11,13-14H2,1H3,(H,24,25). The van der Waals surface area contributed by atoms with Crippen LogP contribution >= 0.6 is 11.6 Å². The van der Waals surface area contributed by atoms with Crippen LogP contribution in [0.15, 0.2) is 42.5 Å². The summed E-state index contributed by atoms with van der Waals surface area (Å²) >= 11 is 6.11. The number of nitrogens with zero attached hydrogens (tertiary/aromatic N) is 2. The van der Waals surface area contributed by atoms with Gasteiger partial charge in [-0.05, 0) is 37.3 Å². The summed E-state index contributed by atoms with van der Waals surface area (Å²) in [4.78, 5) is 15.5. The summed E-state index contributed by atoms with van der Waals surface area (Å²) in [6.07, 6.45) is 0. The molecule has 1 heterocycles. The maximum atomic E-state index is 10.8. The largest absolute Gasteiger partial charge is 0.482 e. The molecule has 0 amide bonds. The number of hydrogen-bond acceptors (Lipinski definition) is 4. The first-order chi connectivity index (χ1) is 12.5. The van der Waals surface area contributed by atoms with Crippen molar-refractivity contribution in [3.63, 3.8) is 0 Å². The van der Waals surface area contributed by atoms with Crippen molar-refractivity contribution in [1.82, 2.24) is 4.90 Å². The first-order valence-electron chi connectivity index (χ1n) is 8.68. The SMILES string of the molecule is Cc1ccc(N2CCN(Cc3cc(Cl)ccc3OCC(=O)O)CC2)cc1. The Balaban J connectivity index is 1.61. The van der Waals surface area contributed by atoms with Crippen molar-refractivity contribution in [1.29, 1.82) is 0 Å². The van der Waals surface area contributed by atoms with Gasteiger partial charge in [0, 0.05) is 49.0 Å². The van der Waals surface area contributed by atoms with Crippen LogP contribution < -0.4 is 9.64 Å². The minimum atomic E-state index is -0.988. The molecule has 26 heavy (non-hydrogen) atoms. The molecule has 0 spiro atoms. The van der Waals surface area contributed by atoms with E-state index in [4.69, 9.17) is 21.4 Å². The third-order valence-electron chi connectivity index (χ3n) is 4.54. The molecule has 2 aromatic rings. The highest BCUT2D eigenvalue weighted by atomic mass is 35.5. The Hall–Kier alpha value is -2.24. The van der Waals surface area contributed by atoms with E-state index in [2.05, 4.69) is 41.0 Å². The number of carbonyl (C=O) groups is 1. The van der Waals surface area contributed by atoms with Gasteiger partial charge in [-0.15, -0.1) is 0 Å². The molecule has 0 saturated carbocycles. The second-order valence-electron chi connectivity index (χ2n) is 6.53. The van der Waals surface area contributed by atoms with E-state index < -0.39 is 5.97 Å². The molecule has 1 saturated heterocycles. The molecule has 3 rings (SSSR count). The molecule has 0 aromatic heterocycles. The molecule has 0 aliphatic carbocycles. The van der Waals surface area contributed by atoms with E-state index in [1.165, 1.54) is 11.3 Å². The van der Waals surface area contributed by atoms with Gasteiger partial charge in [0.2, 0.25) is 0 Å². The van der Waals surface area contributed by atoms with Crippen molar-refractivity contribution in [3.05, 3.63) is 58.6 Å². The van der Waals surface area contributed by atoms with E-state index in [1.54, 1.807) is 12.1 Å². The first kappa shape index (κ1) is 18.5. The lowest BCUT2D eigenvalue weighted by atomic mass is 10.1. The fraction of sp³-hybridized carbons (Fsp3) is 0.350. The Labute approximate surface area is 158 Å². The van der Waals surface area contributed by atoms with Gasteiger partial charge in [-0.1, -0.05) is 29.3 Å². The number of piperazine rings is 1. The smallest absolute Gasteiger partial charge is 0.341 e. The number of carboxylic acids is 1. The van der Waals surface area contributed by atoms with Crippen LogP contribution in [0.5, 0.6) is 5.75 Å². The molecule has 6 heteroatoms. The molecule has 1 aliphatic heterocycles. The van der Waals surface area contributed by atoms with Crippen LogP contribution in [0, 0.1) is 6.92 Å². The number of halogens is 1. The molecule has 1 N–H and O–H groups in total. The molecule has 0 unspecified atom stereocenters. The molecular formula is C20H23ClN2O3. The summed E-state index contributed by atoms with van der Waals surface area (Å²) in [6.45, 7) is 6.20. The number of carboxylic acid groups (broad SMARTS) is 1. The van der Waals surface area contributed by atoms with E-state index in [1.807, 2.05) is 6.07 Å². The van der Waals surface area contributed by atoms with E-state index in [0.717, 1.165) is 31.7 Å². The average Bonchev–Trinajstić information content (AvgIpc) is 2.62. The molecule has 1 aliphatic rings. The van der Waals surface area contributed by atoms with Gasteiger partial charge < -0.3 is 14.7 Å². The van der Waals surface area contributed by atoms with Gasteiger partial charge in [0.1, 0.15) is 5.75 Å². The molecule has 138 valence electrons. The Morgan fingerprint density at radius 2 is 1.81 bits per heavy atom. The fourth-order valence-electron chi connectivity index (χ4n) is 3.11. The van der Waals surface area contributed by atoms with E-state index in [0.29, 0.717) is 17.3 Å². The lowest BCUT2D eigenvalue weighted by Crippen LogP contribution is -2.46. The number of aryl methyl sites for hydroxylation is 1. The van der Waals surface area contributed by atoms with Gasteiger partial charge >= 0.3 is 5.97 Å². The Bertz CT molecular complexity index is 756. The molecule has 1 fully saturated rings. The summed E-state index contributed by atoms with van der Waals surface area (Å²) < 4.78 is 5.40. The maximum absolute atomic E-state index is 10.8. The molecule has 0 bridgehead atoms. The van der Waals surface area contributed by atoms with Crippen molar-refractivity contribution in [3.8, 4) is 5.75 Å². The third-order valence-corrected chi connectivity index (χ3v) is 4.77. The minimum Gasteiger partial charge on any atom is -0.482 e. The third kappa shape index (κ3) is 4.90. The molecule has 0 atom stereocenters. The van der Waals surface area contributed by atoms with Gasteiger partial charge in [-0.25, -0.2) is 4.79 Å². The van der Waals surface area contributed by atoms with Gasteiger partial charge in [-0.2, -0.15) is 0 Å². The Morgan fingerprint density at radius 1 is 1.12 bits per heavy atom. The van der Waals surface area contributed by atoms with Crippen LogP contribution in [0.25, 0.3) is 0 Å². The lowest BCUT2D eigenvalue weighted by molar-refractivity contribution is -0.139. The highest BCUT2D eigenvalue weighted by Crippen LogP contribution is 2.25. The number of aliphatic carboxylic acids is 1. The summed E-state index contributed by atoms with van der Waals surface area (Å²) in [7, 11) is 0. The number of ether oxygens (including phenoxy) is 1. The maximum Gasteiger partial charge on any atom is 0.341 e. The van der Waals surface area contributed by atoms with Crippen LogP contribution in [0.2, 0.25) is 5.02 Å². The van der Waals surface area contributed by atoms with E-state index >= 15 is 0 Å².